The second kappa shape index (κ2) is 7.89. The van der Waals surface area contributed by atoms with Gasteiger partial charge in [0.15, 0.2) is 0 Å². The maximum Gasteiger partial charge on any atom is 0.387 e. The van der Waals surface area contributed by atoms with Gasteiger partial charge in [0, 0.05) is 6.54 Å². The van der Waals surface area contributed by atoms with Gasteiger partial charge < -0.3 is 9.84 Å². The van der Waals surface area contributed by atoms with E-state index in [2.05, 4.69) is 9.46 Å². The lowest BCUT2D eigenvalue weighted by atomic mass is 10.1. The van der Waals surface area contributed by atoms with Gasteiger partial charge in [-0.05, 0) is 24.1 Å². The van der Waals surface area contributed by atoms with E-state index in [-0.39, 0.29) is 12.3 Å². The molecule has 1 aromatic rings. The van der Waals surface area contributed by atoms with Crippen LogP contribution in [0.1, 0.15) is 12.0 Å². The van der Waals surface area contributed by atoms with Gasteiger partial charge in [-0.2, -0.15) is 8.78 Å². The first kappa shape index (κ1) is 17.3. The molecule has 0 aliphatic carbocycles. The molecule has 0 unspecified atom stereocenters. The van der Waals surface area contributed by atoms with Crippen molar-refractivity contribution in [1.82, 2.24) is 4.72 Å². The lowest BCUT2D eigenvalue weighted by molar-refractivity contribution is -0.136. The summed E-state index contributed by atoms with van der Waals surface area (Å²) in [7, 11) is -3.63. The summed E-state index contributed by atoms with van der Waals surface area (Å²) in [6.45, 7) is -2.80. The number of hydrogen-bond donors (Lipinski definition) is 2. The number of carboxylic acids is 1. The summed E-state index contributed by atoms with van der Waals surface area (Å²) in [6.07, 6.45) is -0.115. The average molecular weight is 323 g/mol. The Morgan fingerprint density at radius 2 is 1.90 bits per heavy atom. The van der Waals surface area contributed by atoms with E-state index < -0.39 is 34.8 Å². The molecule has 6 nitrogen and oxygen atoms in total. The molecule has 0 amide bonds. The average Bonchev–Trinajstić information content (AvgIpc) is 2.38. The Bertz CT molecular complexity index is 560. The predicted octanol–water partition coefficient (Wildman–Crippen LogP) is 1.22. The number of rotatable bonds is 9. The van der Waals surface area contributed by atoms with Crippen LogP contribution >= 0.6 is 0 Å². The number of benzene rings is 1. The monoisotopic (exact) mass is 323 g/mol. The summed E-state index contributed by atoms with van der Waals surface area (Å²) in [5, 5.41) is 8.41. The van der Waals surface area contributed by atoms with Crippen molar-refractivity contribution in [3.05, 3.63) is 29.8 Å². The molecule has 0 spiro atoms. The van der Waals surface area contributed by atoms with Crippen molar-refractivity contribution in [3.8, 4) is 5.75 Å². The third-order valence-electron chi connectivity index (χ3n) is 2.47. The van der Waals surface area contributed by atoms with Crippen LogP contribution in [0, 0.1) is 0 Å². The summed E-state index contributed by atoms with van der Waals surface area (Å²) in [5.41, 5.74) is 0.734. The Kier molecular flexibility index (Phi) is 6.50. The largest absolute Gasteiger partial charge is 0.481 e. The Balaban J connectivity index is 2.40. The Morgan fingerprint density at radius 3 is 2.43 bits per heavy atom. The standard InChI is InChI=1S/C12H15F2NO5S/c13-12(14)20-10-3-1-9(2-4-10)5-7-15-21(18,19)8-6-11(16)17/h1-4,12,15H,5-8H2,(H,16,17). The van der Waals surface area contributed by atoms with E-state index in [1.807, 2.05) is 0 Å². The van der Waals surface area contributed by atoms with Crippen LogP contribution in [0.5, 0.6) is 5.75 Å². The van der Waals surface area contributed by atoms with Crippen molar-refractivity contribution < 1.29 is 31.8 Å². The fraction of sp³-hybridized carbons (Fsp3) is 0.417. The van der Waals surface area contributed by atoms with Gasteiger partial charge in [-0.25, -0.2) is 13.1 Å². The highest BCUT2D eigenvalue weighted by molar-refractivity contribution is 7.89. The Hall–Kier alpha value is -1.74. The van der Waals surface area contributed by atoms with E-state index >= 15 is 0 Å². The van der Waals surface area contributed by atoms with E-state index in [1.54, 1.807) is 12.1 Å². The predicted molar refractivity (Wildman–Crippen MR) is 70.8 cm³/mol. The molecule has 1 rings (SSSR count). The van der Waals surface area contributed by atoms with Crippen LogP contribution in [0.2, 0.25) is 0 Å². The number of sulfonamides is 1. The highest BCUT2D eigenvalue weighted by atomic mass is 32.2. The van der Waals surface area contributed by atoms with Gasteiger partial charge in [-0.1, -0.05) is 12.1 Å². The zero-order valence-corrected chi connectivity index (χ0v) is 11.8. The molecule has 0 saturated carbocycles. The van der Waals surface area contributed by atoms with Crippen LogP contribution in [0.15, 0.2) is 24.3 Å². The number of hydrogen-bond acceptors (Lipinski definition) is 4. The molecule has 0 aliphatic heterocycles. The van der Waals surface area contributed by atoms with Crippen molar-refractivity contribution in [2.45, 2.75) is 19.5 Å². The van der Waals surface area contributed by atoms with Crippen LogP contribution in [0.3, 0.4) is 0 Å². The molecule has 0 radical (unpaired) electrons. The summed E-state index contributed by atoms with van der Waals surface area (Å²) in [4.78, 5) is 10.3. The first-order chi connectivity index (χ1) is 9.78. The van der Waals surface area contributed by atoms with Crippen molar-refractivity contribution in [3.63, 3.8) is 0 Å². The zero-order chi connectivity index (χ0) is 15.9. The molecule has 0 saturated heterocycles. The SMILES string of the molecule is O=C(O)CCS(=O)(=O)NCCc1ccc(OC(F)F)cc1. The van der Waals surface area contributed by atoms with Crippen LogP contribution in [0.4, 0.5) is 8.78 Å². The summed E-state index contributed by atoms with van der Waals surface area (Å²) in [5.74, 6) is -1.64. The first-order valence-corrected chi connectivity index (χ1v) is 7.66. The molecule has 0 bridgehead atoms. The number of aliphatic carboxylic acids is 1. The second-order valence-corrected chi connectivity index (χ2v) is 6.06. The van der Waals surface area contributed by atoms with Crippen molar-refractivity contribution in [2.75, 3.05) is 12.3 Å². The maximum atomic E-state index is 11.9. The maximum absolute atomic E-state index is 11.9. The van der Waals surface area contributed by atoms with Crippen LogP contribution in [0.25, 0.3) is 0 Å². The number of ether oxygens (including phenoxy) is 1. The number of carbonyl (C=O) groups is 1. The molecular formula is C12H15F2NO5S. The van der Waals surface area contributed by atoms with Gasteiger partial charge in [0.2, 0.25) is 10.0 Å². The van der Waals surface area contributed by atoms with E-state index in [0.717, 1.165) is 5.56 Å². The summed E-state index contributed by atoms with van der Waals surface area (Å²) >= 11 is 0. The number of carboxylic acid groups (broad SMARTS) is 1. The van der Waals surface area contributed by atoms with Crippen molar-refractivity contribution in [2.24, 2.45) is 0 Å². The molecule has 1 aromatic carbocycles. The zero-order valence-electron chi connectivity index (χ0n) is 11.0. The van der Waals surface area contributed by atoms with Gasteiger partial charge in [-0.3, -0.25) is 4.79 Å². The molecule has 0 heterocycles. The molecule has 0 aromatic heterocycles. The lowest BCUT2D eigenvalue weighted by Gasteiger charge is -2.07. The second-order valence-electron chi connectivity index (χ2n) is 4.13. The minimum absolute atomic E-state index is 0.0239. The third kappa shape index (κ3) is 7.57. The molecule has 0 atom stereocenters. The minimum Gasteiger partial charge on any atom is -0.481 e. The quantitative estimate of drug-likeness (QED) is 0.713. The highest BCUT2D eigenvalue weighted by Crippen LogP contribution is 2.15. The topological polar surface area (TPSA) is 92.7 Å². The number of nitrogens with one attached hydrogen (secondary N) is 1. The lowest BCUT2D eigenvalue weighted by Crippen LogP contribution is -2.29. The normalized spacial score (nSPS) is 11.6. The van der Waals surface area contributed by atoms with E-state index in [9.17, 15) is 22.0 Å². The van der Waals surface area contributed by atoms with Crippen LogP contribution in [-0.4, -0.2) is 38.4 Å². The fourth-order valence-electron chi connectivity index (χ4n) is 1.48. The molecule has 9 heteroatoms. The Labute approximate surface area is 120 Å². The van der Waals surface area contributed by atoms with Crippen molar-refractivity contribution in [1.29, 1.82) is 0 Å². The van der Waals surface area contributed by atoms with Gasteiger partial charge in [-0.15, -0.1) is 0 Å². The van der Waals surface area contributed by atoms with Crippen LogP contribution < -0.4 is 9.46 Å². The molecular weight excluding hydrogens is 308 g/mol. The van der Waals surface area contributed by atoms with Crippen LogP contribution in [-0.2, 0) is 21.2 Å². The van der Waals surface area contributed by atoms with E-state index in [1.165, 1.54) is 12.1 Å². The number of halogens is 2. The first-order valence-electron chi connectivity index (χ1n) is 6.01. The van der Waals surface area contributed by atoms with Gasteiger partial charge in [0.1, 0.15) is 5.75 Å². The molecule has 0 fully saturated rings. The van der Waals surface area contributed by atoms with E-state index in [4.69, 9.17) is 5.11 Å². The Morgan fingerprint density at radius 1 is 1.29 bits per heavy atom. The number of alkyl halides is 2. The van der Waals surface area contributed by atoms with Gasteiger partial charge in [0.05, 0.1) is 12.2 Å². The molecule has 118 valence electrons. The summed E-state index contributed by atoms with van der Waals surface area (Å²) in [6, 6.07) is 5.81. The van der Waals surface area contributed by atoms with Gasteiger partial charge in [0.25, 0.3) is 0 Å². The molecule has 21 heavy (non-hydrogen) atoms. The van der Waals surface area contributed by atoms with Crippen molar-refractivity contribution >= 4 is 16.0 Å². The highest BCUT2D eigenvalue weighted by Gasteiger charge is 2.12. The molecule has 0 aliphatic rings. The van der Waals surface area contributed by atoms with Gasteiger partial charge >= 0.3 is 12.6 Å². The summed E-state index contributed by atoms with van der Waals surface area (Å²) < 4.78 is 53.2. The minimum atomic E-state index is -3.63. The fourth-order valence-corrected chi connectivity index (χ4v) is 2.48. The smallest absolute Gasteiger partial charge is 0.387 e. The molecule has 2 N–H and O–H groups in total. The third-order valence-corrected chi connectivity index (χ3v) is 3.85. The van der Waals surface area contributed by atoms with E-state index in [0.29, 0.717) is 6.42 Å².